The molecule has 0 saturated heterocycles. The molecule has 1 saturated carbocycles. The molecule has 0 unspecified atom stereocenters. The van der Waals surface area contributed by atoms with Crippen molar-refractivity contribution in [2.45, 2.75) is 39.7 Å². The van der Waals surface area contributed by atoms with E-state index in [1.165, 1.54) is 37.1 Å². The van der Waals surface area contributed by atoms with Crippen molar-refractivity contribution in [1.82, 2.24) is 10.3 Å². The van der Waals surface area contributed by atoms with Crippen molar-refractivity contribution in [2.24, 2.45) is 5.92 Å². The Hall–Kier alpha value is -1.09. The molecule has 1 N–H and O–H groups in total. The first-order chi connectivity index (χ1) is 8.85. The van der Waals surface area contributed by atoms with Crippen molar-refractivity contribution >= 4 is 5.69 Å². The highest BCUT2D eigenvalue weighted by atomic mass is 15.1. The number of pyridine rings is 1. The van der Waals surface area contributed by atoms with Gasteiger partial charge in [-0.05, 0) is 38.3 Å². The Bertz CT molecular complexity index is 361. The van der Waals surface area contributed by atoms with Crippen LogP contribution >= 0.6 is 0 Å². The summed E-state index contributed by atoms with van der Waals surface area (Å²) >= 11 is 0. The number of hydrogen-bond donors (Lipinski definition) is 1. The van der Waals surface area contributed by atoms with Crippen molar-refractivity contribution in [2.75, 3.05) is 24.5 Å². The molecule has 1 aromatic rings. The number of aromatic nitrogens is 1. The van der Waals surface area contributed by atoms with Gasteiger partial charge in [-0.15, -0.1) is 0 Å². The zero-order chi connectivity index (χ0) is 12.8. The minimum absolute atomic E-state index is 0.907. The SMILES string of the molecule is CCNCc1cnccc1N(CC)CC1CCC1. The minimum Gasteiger partial charge on any atom is -0.371 e. The molecule has 1 aliphatic rings. The van der Waals surface area contributed by atoms with Crippen molar-refractivity contribution in [3.63, 3.8) is 0 Å². The van der Waals surface area contributed by atoms with Crippen LogP contribution in [0.25, 0.3) is 0 Å². The molecule has 0 radical (unpaired) electrons. The molecule has 3 nitrogen and oxygen atoms in total. The first kappa shape index (κ1) is 13.3. The Morgan fingerprint density at radius 3 is 2.83 bits per heavy atom. The van der Waals surface area contributed by atoms with Gasteiger partial charge < -0.3 is 10.2 Å². The highest BCUT2D eigenvalue weighted by Crippen LogP contribution is 2.29. The van der Waals surface area contributed by atoms with Crippen LogP contribution in [0.5, 0.6) is 0 Å². The molecule has 18 heavy (non-hydrogen) atoms. The van der Waals surface area contributed by atoms with E-state index in [9.17, 15) is 0 Å². The number of nitrogens with zero attached hydrogens (tertiary/aromatic N) is 2. The summed E-state index contributed by atoms with van der Waals surface area (Å²) in [4.78, 5) is 6.77. The predicted molar refractivity (Wildman–Crippen MR) is 76.8 cm³/mol. The van der Waals surface area contributed by atoms with Gasteiger partial charge in [0.15, 0.2) is 0 Å². The molecule has 1 aromatic heterocycles. The van der Waals surface area contributed by atoms with E-state index in [2.05, 4.69) is 35.1 Å². The zero-order valence-electron chi connectivity index (χ0n) is 11.7. The second kappa shape index (κ2) is 6.74. The molecule has 1 fully saturated rings. The summed E-state index contributed by atoms with van der Waals surface area (Å²) in [5.41, 5.74) is 2.68. The monoisotopic (exact) mass is 247 g/mol. The maximum absolute atomic E-state index is 4.26. The largest absolute Gasteiger partial charge is 0.371 e. The highest BCUT2D eigenvalue weighted by molar-refractivity contribution is 5.52. The molecule has 0 aliphatic heterocycles. The van der Waals surface area contributed by atoms with Crippen molar-refractivity contribution < 1.29 is 0 Å². The molecule has 100 valence electrons. The molecule has 0 atom stereocenters. The van der Waals surface area contributed by atoms with E-state index in [0.29, 0.717) is 0 Å². The molecular weight excluding hydrogens is 222 g/mol. The van der Waals surface area contributed by atoms with Crippen LogP contribution in [0.4, 0.5) is 5.69 Å². The van der Waals surface area contributed by atoms with E-state index in [1.54, 1.807) is 0 Å². The first-order valence-corrected chi connectivity index (χ1v) is 7.23. The average Bonchev–Trinajstić information content (AvgIpc) is 2.36. The smallest absolute Gasteiger partial charge is 0.0442 e. The van der Waals surface area contributed by atoms with E-state index in [4.69, 9.17) is 0 Å². The van der Waals surface area contributed by atoms with Crippen LogP contribution in [0.2, 0.25) is 0 Å². The quantitative estimate of drug-likeness (QED) is 0.803. The number of rotatable bonds is 7. The maximum atomic E-state index is 4.26. The molecule has 3 heteroatoms. The van der Waals surface area contributed by atoms with Crippen LogP contribution < -0.4 is 10.2 Å². The lowest BCUT2D eigenvalue weighted by Gasteiger charge is -2.34. The molecule has 0 bridgehead atoms. The van der Waals surface area contributed by atoms with E-state index in [-0.39, 0.29) is 0 Å². The Balaban J connectivity index is 2.07. The molecule has 0 amide bonds. The van der Waals surface area contributed by atoms with Gasteiger partial charge in [0.25, 0.3) is 0 Å². The van der Waals surface area contributed by atoms with Gasteiger partial charge in [-0.1, -0.05) is 13.3 Å². The van der Waals surface area contributed by atoms with Gasteiger partial charge in [0.1, 0.15) is 0 Å². The summed E-state index contributed by atoms with van der Waals surface area (Å²) in [6.45, 7) is 8.60. The Morgan fingerprint density at radius 1 is 1.39 bits per heavy atom. The second-order valence-corrected chi connectivity index (χ2v) is 5.12. The standard InChI is InChI=1S/C15H25N3/c1-3-16-10-14-11-17-9-8-15(14)18(4-2)12-13-6-5-7-13/h8-9,11,13,16H,3-7,10,12H2,1-2H3. The average molecular weight is 247 g/mol. The lowest BCUT2D eigenvalue weighted by Crippen LogP contribution is -2.33. The van der Waals surface area contributed by atoms with E-state index >= 15 is 0 Å². The fraction of sp³-hybridized carbons (Fsp3) is 0.667. The Kier molecular flexibility index (Phi) is 5.00. The van der Waals surface area contributed by atoms with Gasteiger partial charge in [0.05, 0.1) is 0 Å². The van der Waals surface area contributed by atoms with E-state index in [1.807, 2.05) is 12.4 Å². The van der Waals surface area contributed by atoms with E-state index in [0.717, 1.165) is 25.6 Å². The van der Waals surface area contributed by atoms with Gasteiger partial charge in [0.2, 0.25) is 0 Å². The lowest BCUT2D eigenvalue weighted by atomic mass is 9.85. The van der Waals surface area contributed by atoms with Gasteiger partial charge in [-0.25, -0.2) is 0 Å². The third-order valence-corrected chi connectivity index (χ3v) is 3.87. The molecule has 2 rings (SSSR count). The summed E-state index contributed by atoms with van der Waals surface area (Å²) in [6, 6.07) is 2.16. The first-order valence-electron chi connectivity index (χ1n) is 7.23. The normalized spacial score (nSPS) is 15.4. The van der Waals surface area contributed by atoms with Crippen LogP contribution in [-0.4, -0.2) is 24.6 Å². The van der Waals surface area contributed by atoms with E-state index < -0.39 is 0 Å². The molecule has 0 spiro atoms. The fourth-order valence-electron chi connectivity index (χ4n) is 2.51. The lowest BCUT2D eigenvalue weighted by molar-refractivity contribution is 0.318. The third-order valence-electron chi connectivity index (χ3n) is 3.87. The summed E-state index contributed by atoms with van der Waals surface area (Å²) in [5.74, 6) is 0.907. The van der Waals surface area contributed by atoms with Crippen LogP contribution in [0.3, 0.4) is 0 Å². The van der Waals surface area contributed by atoms with Crippen LogP contribution in [0, 0.1) is 5.92 Å². The van der Waals surface area contributed by atoms with Crippen molar-refractivity contribution in [3.8, 4) is 0 Å². The second-order valence-electron chi connectivity index (χ2n) is 5.12. The Morgan fingerprint density at radius 2 is 2.22 bits per heavy atom. The summed E-state index contributed by atoms with van der Waals surface area (Å²) in [7, 11) is 0. The zero-order valence-corrected chi connectivity index (χ0v) is 11.7. The molecular formula is C15H25N3. The molecule has 0 aromatic carbocycles. The third kappa shape index (κ3) is 3.22. The van der Waals surface area contributed by atoms with Gasteiger partial charge in [-0.3, -0.25) is 4.98 Å². The molecule has 1 heterocycles. The van der Waals surface area contributed by atoms with Crippen molar-refractivity contribution in [1.29, 1.82) is 0 Å². The predicted octanol–water partition coefficient (Wildman–Crippen LogP) is 2.82. The van der Waals surface area contributed by atoms with Crippen LogP contribution in [0.15, 0.2) is 18.5 Å². The van der Waals surface area contributed by atoms with Crippen LogP contribution in [0.1, 0.15) is 38.7 Å². The summed E-state index contributed by atoms with van der Waals surface area (Å²) in [6.07, 6.45) is 8.15. The Labute approximate surface area is 111 Å². The van der Waals surface area contributed by atoms with Crippen molar-refractivity contribution in [3.05, 3.63) is 24.0 Å². The minimum atomic E-state index is 0.907. The fourth-order valence-corrected chi connectivity index (χ4v) is 2.51. The highest BCUT2D eigenvalue weighted by Gasteiger charge is 2.21. The number of anilines is 1. The topological polar surface area (TPSA) is 28.2 Å². The summed E-state index contributed by atoms with van der Waals surface area (Å²) < 4.78 is 0. The van der Waals surface area contributed by atoms with Gasteiger partial charge in [0, 0.05) is 43.3 Å². The number of nitrogens with one attached hydrogen (secondary N) is 1. The van der Waals surface area contributed by atoms with Crippen LogP contribution in [-0.2, 0) is 6.54 Å². The number of hydrogen-bond acceptors (Lipinski definition) is 3. The summed E-state index contributed by atoms with van der Waals surface area (Å²) in [5, 5.41) is 3.40. The van der Waals surface area contributed by atoms with Gasteiger partial charge in [-0.2, -0.15) is 0 Å². The maximum Gasteiger partial charge on any atom is 0.0442 e. The molecule has 1 aliphatic carbocycles. The van der Waals surface area contributed by atoms with Gasteiger partial charge >= 0.3 is 0 Å².